The fourth-order valence-electron chi connectivity index (χ4n) is 2.74. The molecular formula is C17H19ClN4OS. The van der Waals surface area contributed by atoms with Crippen LogP contribution in [-0.4, -0.2) is 26.7 Å². The van der Waals surface area contributed by atoms with Crippen molar-refractivity contribution in [1.82, 2.24) is 20.1 Å². The zero-order valence-electron chi connectivity index (χ0n) is 14.3. The van der Waals surface area contributed by atoms with Gasteiger partial charge in [-0.2, -0.15) is 5.10 Å². The number of pyridine rings is 1. The van der Waals surface area contributed by atoms with Gasteiger partial charge in [0, 0.05) is 35.8 Å². The van der Waals surface area contributed by atoms with Gasteiger partial charge in [0.05, 0.1) is 16.9 Å². The summed E-state index contributed by atoms with van der Waals surface area (Å²) < 4.78 is 1.72. The van der Waals surface area contributed by atoms with Crippen LogP contribution in [0.25, 0.3) is 21.3 Å². The molecule has 0 saturated heterocycles. The summed E-state index contributed by atoms with van der Waals surface area (Å²) in [5.41, 5.74) is 3.46. The minimum atomic E-state index is -0.0972. The highest BCUT2D eigenvalue weighted by Gasteiger charge is 2.24. The molecule has 0 saturated carbocycles. The molecule has 3 aromatic heterocycles. The summed E-state index contributed by atoms with van der Waals surface area (Å²) in [5, 5.41) is 8.78. The molecule has 24 heavy (non-hydrogen) atoms. The van der Waals surface area contributed by atoms with Crippen molar-refractivity contribution >= 4 is 39.1 Å². The maximum absolute atomic E-state index is 12.7. The van der Waals surface area contributed by atoms with E-state index in [4.69, 9.17) is 11.6 Å². The van der Waals surface area contributed by atoms with Crippen LogP contribution >= 0.6 is 22.9 Å². The van der Waals surface area contributed by atoms with Crippen molar-refractivity contribution in [2.75, 3.05) is 0 Å². The van der Waals surface area contributed by atoms with Crippen LogP contribution in [-0.2, 0) is 7.05 Å². The highest BCUT2D eigenvalue weighted by Crippen LogP contribution is 2.42. The van der Waals surface area contributed by atoms with Gasteiger partial charge in [-0.05, 0) is 33.3 Å². The Morgan fingerprint density at radius 2 is 2.08 bits per heavy atom. The molecule has 5 nitrogen and oxygen atoms in total. The number of halogens is 1. The van der Waals surface area contributed by atoms with Crippen LogP contribution < -0.4 is 5.32 Å². The van der Waals surface area contributed by atoms with Gasteiger partial charge >= 0.3 is 0 Å². The Morgan fingerprint density at radius 1 is 1.38 bits per heavy atom. The lowest BCUT2D eigenvalue weighted by molar-refractivity contribution is 0.0948. The molecule has 0 bridgehead atoms. The third-order valence-corrected chi connectivity index (χ3v) is 5.44. The fraction of sp³-hybridized carbons (Fsp3) is 0.353. The van der Waals surface area contributed by atoms with Crippen molar-refractivity contribution in [3.63, 3.8) is 0 Å². The quantitative estimate of drug-likeness (QED) is 0.762. The van der Waals surface area contributed by atoms with Crippen LogP contribution in [0.5, 0.6) is 0 Å². The number of nitrogens with one attached hydrogen (secondary N) is 1. The lowest BCUT2D eigenvalue weighted by Crippen LogP contribution is -2.29. The van der Waals surface area contributed by atoms with E-state index in [1.165, 1.54) is 11.3 Å². The molecule has 0 fully saturated rings. The van der Waals surface area contributed by atoms with Crippen LogP contribution in [0.15, 0.2) is 12.4 Å². The molecule has 3 aromatic rings. The molecule has 0 atom stereocenters. The first-order chi connectivity index (χ1) is 11.3. The number of nitrogens with zero attached hydrogens (tertiary/aromatic N) is 3. The molecule has 7 heteroatoms. The van der Waals surface area contributed by atoms with E-state index in [0.29, 0.717) is 9.90 Å². The Kier molecular flexibility index (Phi) is 4.36. The average molecular weight is 363 g/mol. The molecule has 0 aliphatic rings. The van der Waals surface area contributed by atoms with Crippen LogP contribution in [0.3, 0.4) is 0 Å². The minimum Gasteiger partial charge on any atom is -0.349 e. The van der Waals surface area contributed by atoms with Crippen molar-refractivity contribution in [2.45, 2.75) is 33.7 Å². The van der Waals surface area contributed by atoms with E-state index in [-0.39, 0.29) is 11.9 Å². The Hall–Kier alpha value is -1.92. The van der Waals surface area contributed by atoms with E-state index in [1.54, 1.807) is 10.9 Å². The summed E-state index contributed by atoms with van der Waals surface area (Å²) in [6, 6.07) is 0.0591. The van der Waals surface area contributed by atoms with Crippen molar-refractivity contribution in [1.29, 1.82) is 0 Å². The monoisotopic (exact) mass is 362 g/mol. The van der Waals surface area contributed by atoms with Crippen LogP contribution in [0.2, 0.25) is 5.02 Å². The van der Waals surface area contributed by atoms with Gasteiger partial charge in [-0.15, -0.1) is 11.3 Å². The second-order valence-corrected chi connectivity index (χ2v) is 7.53. The molecule has 1 amide bonds. The topological polar surface area (TPSA) is 59.8 Å². The fourth-order valence-corrected chi connectivity index (χ4v) is 4.09. The largest absolute Gasteiger partial charge is 0.349 e. The van der Waals surface area contributed by atoms with Crippen molar-refractivity contribution in [2.24, 2.45) is 7.05 Å². The molecule has 1 N–H and O–H groups in total. The van der Waals surface area contributed by atoms with E-state index >= 15 is 0 Å². The summed E-state index contributed by atoms with van der Waals surface area (Å²) in [5.74, 6) is -0.0972. The third-order valence-electron chi connectivity index (χ3n) is 3.80. The summed E-state index contributed by atoms with van der Waals surface area (Å²) in [4.78, 5) is 18.8. The standard InChI is InChI=1S/C17H19ClN4OS/c1-8(2)20-16(23)15-13(11-6-19-22(5)7-11)12-9(3)14(18)10(4)21-17(12)24-15/h6-8H,1-5H3,(H,20,23). The Balaban J connectivity index is 2.35. The number of carbonyl (C=O) groups excluding carboxylic acids is 1. The van der Waals surface area contributed by atoms with E-state index in [1.807, 2.05) is 40.9 Å². The van der Waals surface area contributed by atoms with E-state index in [9.17, 15) is 4.79 Å². The molecule has 0 aliphatic carbocycles. The van der Waals surface area contributed by atoms with Gasteiger partial charge in [0.15, 0.2) is 0 Å². The summed E-state index contributed by atoms with van der Waals surface area (Å²) in [6.07, 6.45) is 3.67. The number of aromatic nitrogens is 3. The predicted molar refractivity (Wildman–Crippen MR) is 98.9 cm³/mol. The molecule has 0 unspecified atom stereocenters. The number of amides is 1. The minimum absolute atomic E-state index is 0.0591. The number of hydrogen-bond acceptors (Lipinski definition) is 4. The maximum Gasteiger partial charge on any atom is 0.262 e. The lowest BCUT2D eigenvalue weighted by Gasteiger charge is -2.09. The summed E-state index contributed by atoms with van der Waals surface area (Å²) >= 11 is 7.81. The highest BCUT2D eigenvalue weighted by atomic mass is 35.5. The first kappa shape index (κ1) is 16.9. The summed E-state index contributed by atoms with van der Waals surface area (Å²) in [6.45, 7) is 7.74. The number of carbonyl (C=O) groups is 1. The van der Waals surface area contributed by atoms with Gasteiger partial charge in [0.25, 0.3) is 5.91 Å². The molecular weight excluding hydrogens is 344 g/mol. The van der Waals surface area contributed by atoms with Gasteiger partial charge in [-0.1, -0.05) is 11.6 Å². The van der Waals surface area contributed by atoms with E-state index < -0.39 is 0 Å². The molecule has 0 aliphatic heterocycles. The molecule has 0 radical (unpaired) electrons. The second kappa shape index (κ2) is 6.18. The smallest absolute Gasteiger partial charge is 0.262 e. The van der Waals surface area contributed by atoms with Gasteiger partial charge in [0.1, 0.15) is 9.71 Å². The number of rotatable bonds is 3. The Labute approximate surface area is 149 Å². The normalized spacial score (nSPS) is 11.5. The van der Waals surface area contributed by atoms with Crippen LogP contribution in [0.1, 0.15) is 34.8 Å². The molecule has 3 heterocycles. The van der Waals surface area contributed by atoms with Gasteiger partial charge in [-0.3, -0.25) is 9.48 Å². The predicted octanol–water partition coefficient (Wildman–Crippen LogP) is 4.11. The number of aryl methyl sites for hydroxylation is 3. The SMILES string of the molecule is Cc1nc2sc(C(=O)NC(C)C)c(-c3cnn(C)c3)c2c(C)c1Cl. The molecule has 0 aromatic carbocycles. The second-order valence-electron chi connectivity index (χ2n) is 6.15. The average Bonchev–Trinajstić information content (AvgIpc) is 3.07. The van der Waals surface area contributed by atoms with Gasteiger partial charge in [-0.25, -0.2) is 4.98 Å². The zero-order valence-corrected chi connectivity index (χ0v) is 15.8. The number of hydrogen-bond donors (Lipinski definition) is 1. The first-order valence-electron chi connectivity index (χ1n) is 7.68. The molecule has 0 spiro atoms. The maximum atomic E-state index is 12.7. The van der Waals surface area contributed by atoms with Crippen LogP contribution in [0, 0.1) is 13.8 Å². The Morgan fingerprint density at radius 3 is 2.67 bits per heavy atom. The van der Waals surface area contributed by atoms with Crippen molar-refractivity contribution < 1.29 is 4.79 Å². The zero-order chi connectivity index (χ0) is 17.6. The third kappa shape index (κ3) is 2.80. The van der Waals surface area contributed by atoms with Gasteiger partial charge in [0.2, 0.25) is 0 Å². The number of thiophene rings is 1. The van der Waals surface area contributed by atoms with E-state index in [0.717, 1.165) is 32.6 Å². The van der Waals surface area contributed by atoms with E-state index in [2.05, 4.69) is 15.4 Å². The van der Waals surface area contributed by atoms with Crippen molar-refractivity contribution in [3.05, 3.63) is 33.6 Å². The van der Waals surface area contributed by atoms with Crippen molar-refractivity contribution in [3.8, 4) is 11.1 Å². The summed E-state index contributed by atoms with van der Waals surface area (Å²) in [7, 11) is 1.86. The number of fused-ring (bicyclic) bond motifs is 1. The lowest BCUT2D eigenvalue weighted by atomic mass is 10.0. The first-order valence-corrected chi connectivity index (χ1v) is 8.88. The van der Waals surface area contributed by atoms with Gasteiger partial charge < -0.3 is 5.32 Å². The highest BCUT2D eigenvalue weighted by molar-refractivity contribution is 7.21. The molecule has 126 valence electrons. The van der Waals surface area contributed by atoms with Crippen LogP contribution in [0.4, 0.5) is 0 Å². The Bertz CT molecular complexity index is 942. The molecule has 3 rings (SSSR count).